The minimum Gasteiger partial charge on any atom is -0.452 e. The van der Waals surface area contributed by atoms with Crippen molar-refractivity contribution in [2.75, 3.05) is 6.61 Å². The van der Waals surface area contributed by atoms with Crippen LogP contribution in [0, 0.1) is 0 Å². The third kappa shape index (κ3) is 5.38. The van der Waals surface area contributed by atoms with Gasteiger partial charge in [-0.05, 0) is 49.8 Å². The van der Waals surface area contributed by atoms with E-state index in [-0.39, 0.29) is 18.6 Å². The Labute approximate surface area is 138 Å². The number of nitrogens with one attached hydrogen (secondary N) is 1. The Bertz CT molecular complexity index is 518. The summed E-state index contributed by atoms with van der Waals surface area (Å²) >= 11 is 0. The highest BCUT2D eigenvalue weighted by molar-refractivity contribution is 5.91. The summed E-state index contributed by atoms with van der Waals surface area (Å²) in [6.45, 7) is 3.68. The summed E-state index contributed by atoms with van der Waals surface area (Å²) in [7, 11) is 0. The molecule has 1 N–H and O–H groups in total. The van der Waals surface area contributed by atoms with E-state index in [0.717, 1.165) is 6.42 Å². The van der Waals surface area contributed by atoms with Crippen molar-refractivity contribution in [2.45, 2.75) is 64.3 Å². The van der Waals surface area contributed by atoms with Crippen molar-refractivity contribution < 1.29 is 14.3 Å². The van der Waals surface area contributed by atoms with Crippen molar-refractivity contribution >= 4 is 11.9 Å². The van der Waals surface area contributed by atoms with Crippen LogP contribution in [0.15, 0.2) is 24.3 Å². The average Bonchev–Trinajstić information content (AvgIpc) is 2.60. The molecule has 2 rings (SSSR count). The zero-order chi connectivity index (χ0) is 16.7. The van der Waals surface area contributed by atoms with Crippen molar-refractivity contribution in [1.82, 2.24) is 5.32 Å². The molecular weight excluding hydrogens is 290 g/mol. The van der Waals surface area contributed by atoms with Gasteiger partial charge in [0.05, 0.1) is 5.56 Å². The fraction of sp³-hybridized carbons (Fsp3) is 0.579. The minimum atomic E-state index is -0.445. The van der Waals surface area contributed by atoms with Crippen LogP contribution >= 0.6 is 0 Å². The maximum absolute atomic E-state index is 12.0. The number of carbonyl (C=O) groups excluding carboxylic acids is 2. The smallest absolute Gasteiger partial charge is 0.338 e. The first-order valence-corrected chi connectivity index (χ1v) is 8.66. The second kappa shape index (κ2) is 8.70. The summed E-state index contributed by atoms with van der Waals surface area (Å²) < 4.78 is 5.07. The molecule has 0 radical (unpaired) electrons. The Hall–Kier alpha value is -1.84. The lowest BCUT2D eigenvalue weighted by molar-refractivity contribution is -0.124. The molecule has 0 spiro atoms. The molecule has 0 aromatic heterocycles. The summed E-state index contributed by atoms with van der Waals surface area (Å²) in [6, 6.07) is 7.74. The molecule has 4 heteroatoms. The van der Waals surface area contributed by atoms with E-state index in [1.807, 2.05) is 26.0 Å². The van der Waals surface area contributed by atoms with E-state index in [9.17, 15) is 9.59 Å². The van der Waals surface area contributed by atoms with Crippen LogP contribution in [0.5, 0.6) is 0 Å². The third-order valence-electron chi connectivity index (χ3n) is 4.58. The molecule has 126 valence electrons. The number of hydrogen-bond donors (Lipinski definition) is 1. The van der Waals surface area contributed by atoms with Gasteiger partial charge in [0, 0.05) is 6.04 Å². The van der Waals surface area contributed by atoms with Crippen molar-refractivity contribution in [1.29, 1.82) is 0 Å². The molecule has 1 aromatic carbocycles. The van der Waals surface area contributed by atoms with Gasteiger partial charge in [0.2, 0.25) is 0 Å². The Balaban J connectivity index is 1.84. The molecule has 1 atom stereocenters. The van der Waals surface area contributed by atoms with E-state index >= 15 is 0 Å². The first-order chi connectivity index (χ1) is 11.1. The van der Waals surface area contributed by atoms with Gasteiger partial charge in [0.25, 0.3) is 5.91 Å². The second-order valence-electron chi connectivity index (χ2n) is 6.41. The molecule has 0 bridgehead atoms. The number of benzene rings is 1. The molecule has 4 nitrogen and oxygen atoms in total. The molecular formula is C19H27NO3. The van der Waals surface area contributed by atoms with Gasteiger partial charge in [-0.15, -0.1) is 0 Å². The van der Waals surface area contributed by atoms with E-state index in [0.29, 0.717) is 11.5 Å². The number of amides is 1. The van der Waals surface area contributed by atoms with Gasteiger partial charge in [-0.3, -0.25) is 4.79 Å². The van der Waals surface area contributed by atoms with Gasteiger partial charge >= 0.3 is 5.97 Å². The first kappa shape index (κ1) is 17.5. The number of esters is 1. The fourth-order valence-electron chi connectivity index (χ4n) is 2.96. The lowest BCUT2D eigenvalue weighted by Gasteiger charge is -2.22. The fourth-order valence-corrected chi connectivity index (χ4v) is 2.96. The standard InChI is InChI=1S/C19H27NO3/c1-3-14(2)20-18(21)13-23-19(22)17-11-9-16(10-12-17)15-7-5-4-6-8-15/h9-12,14-15H,3-8,13H2,1-2H3,(H,20,21)/t14-/m1/s1. The van der Waals surface area contributed by atoms with E-state index in [1.54, 1.807) is 12.1 Å². The Morgan fingerprint density at radius 1 is 1.17 bits per heavy atom. The molecule has 0 aliphatic heterocycles. The molecule has 0 unspecified atom stereocenters. The quantitative estimate of drug-likeness (QED) is 0.812. The predicted molar refractivity (Wildman–Crippen MR) is 90.4 cm³/mol. The van der Waals surface area contributed by atoms with Crippen LogP contribution in [0.4, 0.5) is 0 Å². The third-order valence-corrected chi connectivity index (χ3v) is 4.58. The summed E-state index contributed by atoms with van der Waals surface area (Å²) in [4.78, 5) is 23.6. The maximum Gasteiger partial charge on any atom is 0.338 e. The van der Waals surface area contributed by atoms with Gasteiger partial charge in [-0.2, -0.15) is 0 Å². The summed E-state index contributed by atoms with van der Waals surface area (Å²) in [5, 5.41) is 2.77. The largest absolute Gasteiger partial charge is 0.452 e. The highest BCUT2D eigenvalue weighted by Crippen LogP contribution is 2.32. The summed E-state index contributed by atoms with van der Waals surface area (Å²) in [5.41, 5.74) is 1.80. The molecule has 1 aliphatic carbocycles. The molecule has 1 saturated carbocycles. The molecule has 1 aliphatic rings. The lowest BCUT2D eigenvalue weighted by Crippen LogP contribution is -2.35. The second-order valence-corrected chi connectivity index (χ2v) is 6.41. The lowest BCUT2D eigenvalue weighted by atomic mass is 9.84. The van der Waals surface area contributed by atoms with Crippen LogP contribution in [0.2, 0.25) is 0 Å². The summed E-state index contributed by atoms with van der Waals surface area (Å²) in [5.74, 6) is -0.0823. The number of ether oxygens (including phenoxy) is 1. The number of hydrogen-bond acceptors (Lipinski definition) is 3. The van der Waals surface area contributed by atoms with Gasteiger partial charge in [-0.25, -0.2) is 4.79 Å². The van der Waals surface area contributed by atoms with Crippen LogP contribution in [0.1, 0.15) is 74.2 Å². The van der Waals surface area contributed by atoms with Crippen LogP contribution in [-0.4, -0.2) is 24.5 Å². The van der Waals surface area contributed by atoms with Crippen LogP contribution in [0.25, 0.3) is 0 Å². The predicted octanol–water partition coefficient (Wildman–Crippen LogP) is 3.81. The number of carbonyl (C=O) groups is 2. The SMILES string of the molecule is CC[C@@H](C)NC(=O)COC(=O)c1ccc(C2CCCCC2)cc1. The van der Waals surface area contributed by atoms with E-state index < -0.39 is 5.97 Å². The molecule has 23 heavy (non-hydrogen) atoms. The van der Waals surface area contributed by atoms with E-state index in [2.05, 4.69) is 5.32 Å². The van der Waals surface area contributed by atoms with Crippen molar-refractivity contribution in [3.05, 3.63) is 35.4 Å². The highest BCUT2D eigenvalue weighted by atomic mass is 16.5. The topological polar surface area (TPSA) is 55.4 Å². The zero-order valence-electron chi connectivity index (χ0n) is 14.1. The zero-order valence-corrected chi connectivity index (χ0v) is 14.1. The first-order valence-electron chi connectivity index (χ1n) is 8.66. The van der Waals surface area contributed by atoms with E-state index in [4.69, 9.17) is 4.74 Å². The Kier molecular flexibility index (Phi) is 6.63. The van der Waals surface area contributed by atoms with Gasteiger partial charge < -0.3 is 10.1 Å². The van der Waals surface area contributed by atoms with E-state index in [1.165, 1.54) is 37.7 Å². The van der Waals surface area contributed by atoms with Gasteiger partial charge in [-0.1, -0.05) is 38.3 Å². The monoisotopic (exact) mass is 317 g/mol. The maximum atomic E-state index is 12.0. The molecule has 1 aromatic rings. The molecule has 0 heterocycles. The molecule has 1 fully saturated rings. The van der Waals surface area contributed by atoms with Crippen molar-refractivity contribution in [3.8, 4) is 0 Å². The minimum absolute atomic E-state index is 0.0935. The Morgan fingerprint density at radius 3 is 2.43 bits per heavy atom. The average molecular weight is 317 g/mol. The summed E-state index contributed by atoms with van der Waals surface area (Å²) in [6.07, 6.45) is 7.24. The van der Waals surface area contributed by atoms with Crippen molar-refractivity contribution in [3.63, 3.8) is 0 Å². The molecule has 1 amide bonds. The van der Waals surface area contributed by atoms with Crippen LogP contribution in [-0.2, 0) is 9.53 Å². The van der Waals surface area contributed by atoms with Gasteiger partial charge in [0.15, 0.2) is 6.61 Å². The van der Waals surface area contributed by atoms with Crippen LogP contribution < -0.4 is 5.32 Å². The highest BCUT2D eigenvalue weighted by Gasteiger charge is 2.16. The Morgan fingerprint density at radius 2 is 1.83 bits per heavy atom. The van der Waals surface area contributed by atoms with Gasteiger partial charge in [0.1, 0.15) is 0 Å². The van der Waals surface area contributed by atoms with Crippen molar-refractivity contribution in [2.24, 2.45) is 0 Å². The number of rotatable bonds is 6. The normalized spacial score (nSPS) is 16.6. The molecule has 0 saturated heterocycles. The van der Waals surface area contributed by atoms with Crippen LogP contribution in [0.3, 0.4) is 0 Å².